The van der Waals surface area contributed by atoms with Crippen LogP contribution in [0.1, 0.15) is 16.8 Å². The highest BCUT2D eigenvalue weighted by Crippen LogP contribution is 2.37. The second-order valence-corrected chi connectivity index (χ2v) is 5.22. The number of fused-ring (bicyclic) bond motifs is 1. The number of aryl methyl sites for hydroxylation is 2. The Morgan fingerprint density at radius 2 is 2.20 bits per heavy atom. The van der Waals surface area contributed by atoms with Crippen molar-refractivity contribution < 1.29 is 4.39 Å². The molecule has 1 aliphatic rings. The van der Waals surface area contributed by atoms with Crippen LogP contribution in [0.2, 0.25) is 0 Å². The van der Waals surface area contributed by atoms with Gasteiger partial charge in [0.2, 0.25) is 0 Å². The van der Waals surface area contributed by atoms with Crippen LogP contribution >= 0.6 is 0 Å². The molecule has 0 atom stereocenters. The summed E-state index contributed by atoms with van der Waals surface area (Å²) in [4.78, 5) is 2.17. The number of hydrogen-bond acceptors (Lipinski definition) is 3. The van der Waals surface area contributed by atoms with Gasteiger partial charge in [0.1, 0.15) is 11.6 Å². The number of halogens is 1. The molecule has 3 rings (SSSR count). The van der Waals surface area contributed by atoms with Gasteiger partial charge in [0.15, 0.2) is 0 Å². The van der Waals surface area contributed by atoms with Crippen molar-refractivity contribution in [1.82, 2.24) is 15.1 Å². The van der Waals surface area contributed by atoms with E-state index in [2.05, 4.69) is 15.3 Å². The van der Waals surface area contributed by atoms with Crippen molar-refractivity contribution in [1.29, 1.82) is 0 Å². The quantitative estimate of drug-likeness (QED) is 0.932. The van der Waals surface area contributed by atoms with Crippen molar-refractivity contribution in [2.75, 3.05) is 18.5 Å². The molecule has 0 spiro atoms. The van der Waals surface area contributed by atoms with Crippen molar-refractivity contribution in [2.24, 2.45) is 7.05 Å². The van der Waals surface area contributed by atoms with Gasteiger partial charge < -0.3 is 10.2 Å². The van der Waals surface area contributed by atoms with Crippen molar-refractivity contribution in [3.8, 4) is 0 Å². The van der Waals surface area contributed by atoms with E-state index in [1.54, 1.807) is 6.07 Å². The highest BCUT2D eigenvalue weighted by Gasteiger charge is 2.26. The molecule has 1 aromatic heterocycles. The number of anilines is 2. The van der Waals surface area contributed by atoms with E-state index in [4.69, 9.17) is 0 Å². The van der Waals surface area contributed by atoms with Crippen molar-refractivity contribution in [2.45, 2.75) is 19.9 Å². The first-order valence-electron chi connectivity index (χ1n) is 6.85. The Morgan fingerprint density at radius 1 is 1.40 bits per heavy atom. The Labute approximate surface area is 118 Å². The first-order chi connectivity index (χ1) is 9.61. The second-order valence-electron chi connectivity index (χ2n) is 5.22. The SMILES string of the molecule is CNCc1c(C)nn(C)c1N1CCc2ccc(F)cc21. The molecule has 1 N–H and O–H groups in total. The van der Waals surface area contributed by atoms with E-state index >= 15 is 0 Å². The minimum Gasteiger partial charge on any atom is -0.326 e. The van der Waals surface area contributed by atoms with Crippen LogP contribution in [-0.2, 0) is 20.0 Å². The van der Waals surface area contributed by atoms with Gasteiger partial charge in [-0.15, -0.1) is 0 Å². The van der Waals surface area contributed by atoms with Crippen molar-refractivity contribution in [3.05, 3.63) is 40.8 Å². The fourth-order valence-corrected chi connectivity index (χ4v) is 2.98. The minimum atomic E-state index is -0.190. The Kier molecular flexibility index (Phi) is 3.22. The summed E-state index contributed by atoms with van der Waals surface area (Å²) in [5, 5.41) is 7.69. The number of hydrogen-bond donors (Lipinski definition) is 1. The molecule has 0 radical (unpaired) electrons. The highest BCUT2D eigenvalue weighted by molar-refractivity contribution is 5.70. The van der Waals surface area contributed by atoms with Gasteiger partial charge in [0.05, 0.1) is 5.69 Å². The van der Waals surface area contributed by atoms with Crippen LogP contribution < -0.4 is 10.2 Å². The van der Waals surface area contributed by atoms with Gasteiger partial charge in [0.25, 0.3) is 0 Å². The lowest BCUT2D eigenvalue weighted by atomic mass is 10.1. The molecule has 0 aliphatic carbocycles. The summed E-state index contributed by atoms with van der Waals surface area (Å²) in [5.74, 6) is 0.867. The molecule has 2 heterocycles. The molecule has 106 valence electrons. The fraction of sp³-hybridized carbons (Fsp3) is 0.400. The number of nitrogens with zero attached hydrogens (tertiary/aromatic N) is 3. The smallest absolute Gasteiger partial charge is 0.135 e. The van der Waals surface area contributed by atoms with Gasteiger partial charge in [-0.1, -0.05) is 6.07 Å². The summed E-state index contributed by atoms with van der Waals surface area (Å²) in [6, 6.07) is 5.03. The normalized spacial score (nSPS) is 13.9. The molecule has 2 aromatic rings. The second kappa shape index (κ2) is 4.90. The number of benzene rings is 1. The Bertz CT molecular complexity index is 648. The van der Waals surface area contributed by atoms with E-state index in [0.717, 1.165) is 36.7 Å². The molecule has 0 amide bonds. The first kappa shape index (κ1) is 13.1. The van der Waals surface area contributed by atoms with E-state index < -0.39 is 0 Å². The molecule has 1 aromatic carbocycles. The maximum atomic E-state index is 13.5. The first-order valence-corrected chi connectivity index (χ1v) is 6.85. The lowest BCUT2D eigenvalue weighted by Gasteiger charge is -2.21. The molecule has 20 heavy (non-hydrogen) atoms. The summed E-state index contributed by atoms with van der Waals surface area (Å²) in [7, 11) is 3.87. The third-order valence-corrected chi connectivity index (χ3v) is 3.87. The highest BCUT2D eigenvalue weighted by atomic mass is 19.1. The molecule has 0 bridgehead atoms. The monoisotopic (exact) mass is 274 g/mol. The number of aromatic nitrogens is 2. The average Bonchev–Trinajstić information content (AvgIpc) is 2.92. The molecule has 1 aliphatic heterocycles. The van der Waals surface area contributed by atoms with Crippen molar-refractivity contribution in [3.63, 3.8) is 0 Å². The third-order valence-electron chi connectivity index (χ3n) is 3.87. The predicted octanol–water partition coefficient (Wildman–Crippen LogP) is 2.28. The van der Waals surface area contributed by atoms with Crippen LogP contribution in [0.25, 0.3) is 0 Å². The van der Waals surface area contributed by atoms with Gasteiger partial charge in [-0.2, -0.15) is 5.10 Å². The molecule has 0 unspecified atom stereocenters. The Hall–Kier alpha value is -1.88. The van der Waals surface area contributed by atoms with E-state index in [9.17, 15) is 4.39 Å². The molecule has 5 heteroatoms. The lowest BCUT2D eigenvalue weighted by molar-refractivity contribution is 0.627. The standard InChI is InChI=1S/C15H19FN4/c1-10-13(9-17-2)15(19(3)18-10)20-7-6-11-4-5-12(16)8-14(11)20/h4-5,8,17H,6-7,9H2,1-3H3. The molecule has 0 saturated heterocycles. The minimum absolute atomic E-state index is 0.190. The van der Waals surface area contributed by atoms with Crippen LogP contribution in [0.15, 0.2) is 18.2 Å². The molecule has 0 saturated carbocycles. The van der Waals surface area contributed by atoms with Crippen LogP contribution in [0.5, 0.6) is 0 Å². The Balaban J connectivity index is 2.10. The third kappa shape index (κ3) is 1.98. The molecule has 0 fully saturated rings. The van der Waals surface area contributed by atoms with Crippen LogP contribution in [0.4, 0.5) is 15.9 Å². The zero-order chi connectivity index (χ0) is 14.3. The topological polar surface area (TPSA) is 33.1 Å². The maximum absolute atomic E-state index is 13.5. The number of nitrogens with one attached hydrogen (secondary N) is 1. The van der Waals surface area contributed by atoms with Gasteiger partial charge >= 0.3 is 0 Å². The van der Waals surface area contributed by atoms with E-state index in [-0.39, 0.29) is 5.82 Å². The Morgan fingerprint density at radius 3 is 2.95 bits per heavy atom. The van der Waals surface area contributed by atoms with E-state index in [1.165, 1.54) is 17.2 Å². The van der Waals surface area contributed by atoms with E-state index in [0.29, 0.717) is 0 Å². The summed E-state index contributed by atoms with van der Waals surface area (Å²) < 4.78 is 15.4. The largest absolute Gasteiger partial charge is 0.326 e. The summed E-state index contributed by atoms with van der Waals surface area (Å²) in [6.07, 6.45) is 0.943. The fourth-order valence-electron chi connectivity index (χ4n) is 2.98. The lowest BCUT2D eigenvalue weighted by Crippen LogP contribution is -2.20. The van der Waals surface area contributed by atoms with E-state index in [1.807, 2.05) is 31.8 Å². The summed E-state index contributed by atoms with van der Waals surface area (Å²) in [5.41, 5.74) is 4.35. The molecular formula is C15H19FN4. The maximum Gasteiger partial charge on any atom is 0.135 e. The zero-order valence-corrected chi connectivity index (χ0v) is 12.1. The number of rotatable bonds is 3. The van der Waals surface area contributed by atoms with Gasteiger partial charge in [-0.3, -0.25) is 4.68 Å². The summed E-state index contributed by atoms with van der Waals surface area (Å²) >= 11 is 0. The van der Waals surface area contributed by atoms with Crippen LogP contribution in [-0.4, -0.2) is 23.4 Å². The average molecular weight is 274 g/mol. The van der Waals surface area contributed by atoms with Gasteiger partial charge in [0, 0.05) is 31.4 Å². The molecule has 4 nitrogen and oxygen atoms in total. The predicted molar refractivity (Wildman–Crippen MR) is 77.8 cm³/mol. The van der Waals surface area contributed by atoms with Crippen LogP contribution in [0, 0.1) is 12.7 Å². The zero-order valence-electron chi connectivity index (χ0n) is 12.1. The van der Waals surface area contributed by atoms with Gasteiger partial charge in [-0.05, 0) is 38.1 Å². The van der Waals surface area contributed by atoms with Gasteiger partial charge in [-0.25, -0.2) is 4.39 Å². The summed E-state index contributed by atoms with van der Waals surface area (Å²) in [6.45, 7) is 3.64. The van der Waals surface area contributed by atoms with Crippen LogP contribution in [0.3, 0.4) is 0 Å². The molecular weight excluding hydrogens is 255 g/mol. The van der Waals surface area contributed by atoms with Crippen molar-refractivity contribution >= 4 is 11.5 Å².